The van der Waals surface area contributed by atoms with Crippen LogP contribution in [0.4, 0.5) is 0 Å². The summed E-state index contributed by atoms with van der Waals surface area (Å²) in [7, 11) is 0. The van der Waals surface area contributed by atoms with Crippen LogP contribution < -0.4 is 5.32 Å². The van der Waals surface area contributed by atoms with Gasteiger partial charge in [0.15, 0.2) is 0 Å². The van der Waals surface area contributed by atoms with E-state index < -0.39 is 11.9 Å². The SMILES string of the molecule is CCN(CC)C(CNC(=O)/C=C/C(=O)O)c1ccccc1. The van der Waals surface area contributed by atoms with Crippen molar-refractivity contribution in [2.24, 2.45) is 0 Å². The number of rotatable bonds is 8. The van der Waals surface area contributed by atoms with Crippen molar-refractivity contribution in [3.05, 3.63) is 48.0 Å². The lowest BCUT2D eigenvalue weighted by Gasteiger charge is -2.30. The van der Waals surface area contributed by atoms with E-state index in [4.69, 9.17) is 5.11 Å². The van der Waals surface area contributed by atoms with Gasteiger partial charge in [0, 0.05) is 18.7 Å². The van der Waals surface area contributed by atoms with E-state index in [2.05, 4.69) is 24.1 Å². The van der Waals surface area contributed by atoms with E-state index in [1.165, 1.54) is 0 Å². The minimum Gasteiger partial charge on any atom is -0.478 e. The predicted octanol–water partition coefficient (Wildman–Crippen LogP) is 1.83. The van der Waals surface area contributed by atoms with Crippen LogP contribution in [0.1, 0.15) is 25.5 Å². The van der Waals surface area contributed by atoms with Gasteiger partial charge in [-0.25, -0.2) is 4.79 Å². The van der Waals surface area contributed by atoms with E-state index >= 15 is 0 Å². The number of nitrogens with zero attached hydrogens (tertiary/aromatic N) is 1. The fraction of sp³-hybridized carbons (Fsp3) is 0.375. The van der Waals surface area contributed by atoms with E-state index in [1.807, 2.05) is 30.3 Å². The molecular formula is C16H22N2O3. The van der Waals surface area contributed by atoms with Crippen molar-refractivity contribution < 1.29 is 14.7 Å². The molecule has 0 radical (unpaired) electrons. The molecule has 1 rings (SSSR count). The first-order valence-electron chi connectivity index (χ1n) is 7.06. The number of nitrogens with one attached hydrogen (secondary N) is 1. The Balaban J connectivity index is 2.75. The average Bonchev–Trinajstić information content (AvgIpc) is 2.50. The third-order valence-electron chi connectivity index (χ3n) is 3.28. The summed E-state index contributed by atoms with van der Waals surface area (Å²) in [6.45, 7) is 6.33. The minimum absolute atomic E-state index is 0.0726. The Labute approximate surface area is 125 Å². The summed E-state index contributed by atoms with van der Waals surface area (Å²) in [4.78, 5) is 24.2. The topological polar surface area (TPSA) is 69.6 Å². The second-order valence-electron chi connectivity index (χ2n) is 4.56. The van der Waals surface area contributed by atoms with Gasteiger partial charge in [0.25, 0.3) is 0 Å². The fourth-order valence-electron chi connectivity index (χ4n) is 2.20. The van der Waals surface area contributed by atoms with Crippen LogP contribution in [-0.4, -0.2) is 41.5 Å². The maximum Gasteiger partial charge on any atom is 0.328 e. The molecule has 1 amide bonds. The van der Waals surface area contributed by atoms with Crippen molar-refractivity contribution in [3.8, 4) is 0 Å². The number of likely N-dealkylation sites (N-methyl/N-ethyl adjacent to an activating group) is 1. The zero-order valence-electron chi connectivity index (χ0n) is 12.5. The highest BCUT2D eigenvalue weighted by Gasteiger charge is 2.18. The molecule has 0 saturated carbocycles. The van der Waals surface area contributed by atoms with Gasteiger partial charge in [-0.1, -0.05) is 44.2 Å². The number of amides is 1. The third kappa shape index (κ3) is 5.79. The van der Waals surface area contributed by atoms with Gasteiger partial charge in [0.05, 0.1) is 6.04 Å². The predicted molar refractivity (Wildman–Crippen MR) is 81.9 cm³/mol. The molecule has 1 atom stereocenters. The first kappa shape index (κ1) is 16.9. The van der Waals surface area contributed by atoms with Gasteiger partial charge in [-0.05, 0) is 18.7 Å². The summed E-state index contributed by atoms with van der Waals surface area (Å²) < 4.78 is 0. The van der Waals surface area contributed by atoms with Crippen LogP contribution in [0.2, 0.25) is 0 Å². The number of hydrogen-bond donors (Lipinski definition) is 2. The zero-order valence-corrected chi connectivity index (χ0v) is 12.5. The Morgan fingerprint density at radius 3 is 2.33 bits per heavy atom. The van der Waals surface area contributed by atoms with Crippen LogP contribution in [0.25, 0.3) is 0 Å². The summed E-state index contributed by atoms with van der Waals surface area (Å²) in [6.07, 6.45) is 1.87. The summed E-state index contributed by atoms with van der Waals surface area (Å²) >= 11 is 0. The minimum atomic E-state index is -1.13. The standard InChI is InChI=1S/C16H22N2O3/c1-3-18(4-2)14(13-8-6-5-7-9-13)12-17-15(19)10-11-16(20)21/h5-11,14H,3-4,12H2,1-2H3,(H,17,19)(H,20,21)/b11-10+. The van der Waals surface area contributed by atoms with Crippen LogP contribution >= 0.6 is 0 Å². The lowest BCUT2D eigenvalue weighted by molar-refractivity contribution is -0.131. The molecule has 0 spiro atoms. The van der Waals surface area contributed by atoms with Crippen molar-refractivity contribution in [3.63, 3.8) is 0 Å². The first-order valence-corrected chi connectivity index (χ1v) is 7.06. The maximum absolute atomic E-state index is 11.6. The lowest BCUT2D eigenvalue weighted by atomic mass is 10.1. The average molecular weight is 290 g/mol. The molecule has 5 heteroatoms. The zero-order chi connectivity index (χ0) is 15.7. The second-order valence-corrected chi connectivity index (χ2v) is 4.56. The van der Waals surface area contributed by atoms with Crippen LogP contribution in [0.5, 0.6) is 0 Å². The number of carboxylic acid groups (broad SMARTS) is 1. The number of aliphatic carboxylic acids is 1. The molecule has 0 saturated heterocycles. The second kappa shape index (κ2) is 8.92. The van der Waals surface area contributed by atoms with E-state index in [9.17, 15) is 9.59 Å². The number of carbonyl (C=O) groups excluding carboxylic acids is 1. The largest absolute Gasteiger partial charge is 0.478 e. The van der Waals surface area contributed by atoms with Crippen LogP contribution in [-0.2, 0) is 9.59 Å². The molecule has 2 N–H and O–H groups in total. The lowest BCUT2D eigenvalue weighted by Crippen LogP contribution is -2.37. The number of benzene rings is 1. The highest BCUT2D eigenvalue weighted by atomic mass is 16.4. The molecule has 0 fully saturated rings. The Bertz CT molecular complexity index is 482. The van der Waals surface area contributed by atoms with Gasteiger partial charge in [-0.15, -0.1) is 0 Å². The van der Waals surface area contributed by atoms with Gasteiger partial charge >= 0.3 is 5.97 Å². The molecule has 1 aromatic rings. The van der Waals surface area contributed by atoms with Crippen molar-refractivity contribution >= 4 is 11.9 Å². The number of carboxylic acids is 1. The van der Waals surface area contributed by atoms with Crippen LogP contribution in [0, 0.1) is 0 Å². The highest BCUT2D eigenvalue weighted by Crippen LogP contribution is 2.19. The molecule has 5 nitrogen and oxygen atoms in total. The van der Waals surface area contributed by atoms with E-state index in [0.29, 0.717) is 6.54 Å². The summed E-state index contributed by atoms with van der Waals surface area (Å²) in [5.74, 6) is -1.53. The quantitative estimate of drug-likeness (QED) is 0.717. The molecule has 21 heavy (non-hydrogen) atoms. The normalized spacial score (nSPS) is 12.5. The summed E-state index contributed by atoms with van der Waals surface area (Å²) in [6, 6.07) is 10.0. The monoisotopic (exact) mass is 290 g/mol. The fourth-order valence-corrected chi connectivity index (χ4v) is 2.20. The number of carbonyl (C=O) groups is 2. The molecule has 0 bridgehead atoms. The molecule has 0 aliphatic carbocycles. The molecule has 0 aliphatic rings. The van der Waals surface area contributed by atoms with Crippen molar-refractivity contribution in [2.75, 3.05) is 19.6 Å². The van der Waals surface area contributed by atoms with Gasteiger partial charge < -0.3 is 10.4 Å². The Hall–Kier alpha value is -2.14. The van der Waals surface area contributed by atoms with E-state index in [1.54, 1.807) is 0 Å². The Morgan fingerprint density at radius 1 is 1.19 bits per heavy atom. The van der Waals surface area contributed by atoms with Crippen LogP contribution in [0.15, 0.2) is 42.5 Å². The van der Waals surface area contributed by atoms with Crippen LogP contribution in [0.3, 0.4) is 0 Å². The number of hydrogen-bond acceptors (Lipinski definition) is 3. The molecule has 0 aromatic heterocycles. The third-order valence-corrected chi connectivity index (χ3v) is 3.28. The van der Waals surface area contributed by atoms with Crippen molar-refractivity contribution in [1.29, 1.82) is 0 Å². The smallest absolute Gasteiger partial charge is 0.328 e. The summed E-state index contributed by atoms with van der Waals surface area (Å²) in [5, 5.41) is 11.3. The molecule has 1 unspecified atom stereocenters. The van der Waals surface area contributed by atoms with E-state index in [-0.39, 0.29) is 6.04 Å². The molecular weight excluding hydrogens is 268 g/mol. The van der Waals surface area contributed by atoms with Gasteiger partial charge in [0.1, 0.15) is 0 Å². The van der Waals surface area contributed by atoms with Crippen molar-refractivity contribution in [1.82, 2.24) is 10.2 Å². The van der Waals surface area contributed by atoms with Gasteiger partial charge in [-0.2, -0.15) is 0 Å². The Morgan fingerprint density at radius 2 is 1.81 bits per heavy atom. The highest BCUT2D eigenvalue weighted by molar-refractivity contribution is 5.93. The van der Waals surface area contributed by atoms with E-state index in [0.717, 1.165) is 30.8 Å². The molecule has 0 aliphatic heterocycles. The van der Waals surface area contributed by atoms with Gasteiger partial charge in [-0.3, -0.25) is 9.69 Å². The first-order chi connectivity index (χ1) is 10.1. The Kier molecular flexibility index (Phi) is 7.18. The molecule has 114 valence electrons. The molecule has 0 heterocycles. The maximum atomic E-state index is 11.6. The van der Waals surface area contributed by atoms with Crippen molar-refractivity contribution in [2.45, 2.75) is 19.9 Å². The van der Waals surface area contributed by atoms with Gasteiger partial charge in [0.2, 0.25) is 5.91 Å². The summed E-state index contributed by atoms with van der Waals surface area (Å²) in [5.41, 5.74) is 1.13. The molecule has 1 aromatic carbocycles.